The predicted molar refractivity (Wildman–Crippen MR) is 177 cm³/mol. The van der Waals surface area contributed by atoms with Gasteiger partial charge in [0.25, 0.3) is 26.1 Å². The molecular formula is C29H22N6Na2O8S2. The van der Waals surface area contributed by atoms with Crippen LogP contribution in [0, 0.1) is 0 Å². The van der Waals surface area contributed by atoms with Gasteiger partial charge in [-0.1, -0.05) is 6.07 Å². The number of anilines is 2. The third-order valence-electron chi connectivity index (χ3n) is 6.27. The van der Waals surface area contributed by atoms with Crippen molar-refractivity contribution in [1.82, 2.24) is 0 Å². The minimum absolute atomic E-state index is 0. The molecule has 14 nitrogen and oxygen atoms in total. The van der Waals surface area contributed by atoms with Crippen LogP contribution >= 0.6 is 0 Å². The molecule has 0 aromatic heterocycles. The first-order chi connectivity index (χ1) is 21.3. The third kappa shape index (κ3) is 9.51. The number of nitrogens with zero attached hydrogens (tertiary/aromatic N) is 4. The second-order valence-electron chi connectivity index (χ2n) is 9.45. The molecule has 0 saturated heterocycles. The van der Waals surface area contributed by atoms with Crippen LogP contribution in [0.2, 0.25) is 0 Å². The summed E-state index contributed by atoms with van der Waals surface area (Å²) in [5.41, 5.74) is 7.18. The van der Waals surface area contributed by atoms with E-state index < -0.39 is 42.5 Å². The van der Waals surface area contributed by atoms with E-state index in [1.165, 1.54) is 72.8 Å². The van der Waals surface area contributed by atoms with Gasteiger partial charge in [0.15, 0.2) is 5.75 Å². The maximum atomic E-state index is 12.6. The van der Waals surface area contributed by atoms with Gasteiger partial charge >= 0.3 is 0 Å². The molecule has 0 spiro atoms. The fourth-order valence-electron chi connectivity index (χ4n) is 4.10. The monoisotopic (exact) mass is 692 g/mol. The van der Waals surface area contributed by atoms with E-state index in [9.17, 15) is 31.3 Å². The number of nitrogen functional groups attached to an aromatic ring is 1. The first kappa shape index (κ1) is 37.9. The number of amides is 1. The average molecular weight is 693 g/mol. The Kier molecular flexibility index (Phi) is 12.6. The Morgan fingerprint density at radius 1 is 0.681 bits per heavy atom. The van der Waals surface area contributed by atoms with Crippen LogP contribution in [0.1, 0.15) is 10.4 Å². The van der Waals surface area contributed by atoms with Crippen LogP contribution < -0.4 is 11.1 Å². The zero-order valence-corrected chi connectivity index (χ0v) is 30.4. The zero-order chi connectivity index (χ0) is 32.4. The molecule has 0 fully saturated rings. The molecule has 0 atom stereocenters. The summed E-state index contributed by atoms with van der Waals surface area (Å²) >= 11 is 0. The SMILES string of the molecule is Nc1cccc(C(=O)Nc2ccc3c(O)c(N=Nc4ccc(N=Nc5ccc(S(=O)(=O)O)cc5)cc4)c(S(=O)(=O)O)cc3c2)c1.[Na].[Na]. The molecule has 0 aliphatic heterocycles. The van der Waals surface area contributed by atoms with Crippen molar-refractivity contribution in [2.24, 2.45) is 20.5 Å². The molecule has 1 amide bonds. The molecular weight excluding hydrogens is 670 g/mol. The standard InChI is InChI=1S/C29H22N6O8S2.2Na/c30-19-3-1-2-17(14-19)29(37)31-23-10-13-25-18(15-23)16-26(45(41,42)43)27(28(25)36)35-34-21-6-4-20(5-7-21)32-33-22-8-11-24(12-9-22)44(38,39)40;;/h1-16,36H,30H2,(H,31,37)(H,38,39,40)(H,41,42,43);;. The van der Waals surface area contributed by atoms with Crippen LogP contribution in [-0.4, -0.2) is 96.1 Å². The second-order valence-corrected chi connectivity index (χ2v) is 12.3. The van der Waals surface area contributed by atoms with Crippen LogP contribution in [0.5, 0.6) is 5.75 Å². The summed E-state index contributed by atoms with van der Waals surface area (Å²) in [6.07, 6.45) is 0. The van der Waals surface area contributed by atoms with Crippen molar-refractivity contribution in [2.45, 2.75) is 9.79 Å². The Labute approximate surface area is 312 Å². The number of nitrogens with two attached hydrogens (primary N) is 1. The molecule has 6 N–H and O–H groups in total. The molecule has 5 aromatic rings. The van der Waals surface area contributed by atoms with Crippen molar-refractivity contribution in [3.05, 3.63) is 103 Å². The number of benzene rings is 5. The van der Waals surface area contributed by atoms with Gasteiger partial charge in [0.05, 0.1) is 22.0 Å². The van der Waals surface area contributed by atoms with Crippen LogP contribution in [0.4, 0.5) is 34.1 Å². The largest absolute Gasteiger partial charge is 0.505 e. The van der Waals surface area contributed by atoms with E-state index in [1.54, 1.807) is 18.2 Å². The molecule has 0 aliphatic rings. The van der Waals surface area contributed by atoms with E-state index in [1.807, 2.05) is 0 Å². The van der Waals surface area contributed by atoms with Crippen molar-refractivity contribution in [1.29, 1.82) is 0 Å². The average Bonchev–Trinajstić information content (AvgIpc) is 2.99. The van der Waals surface area contributed by atoms with E-state index in [2.05, 4.69) is 25.8 Å². The molecule has 5 rings (SSSR count). The first-order valence-corrected chi connectivity index (χ1v) is 15.6. The zero-order valence-electron chi connectivity index (χ0n) is 24.8. The smallest absolute Gasteiger partial charge is 0.296 e. The molecule has 47 heavy (non-hydrogen) atoms. The first-order valence-electron chi connectivity index (χ1n) is 12.7. The van der Waals surface area contributed by atoms with Gasteiger partial charge in [-0.15, -0.1) is 5.11 Å². The number of azo groups is 2. The van der Waals surface area contributed by atoms with Gasteiger partial charge in [-0.3, -0.25) is 13.9 Å². The second kappa shape index (κ2) is 15.6. The number of carbonyl (C=O) groups excluding carboxylic acids is 1. The number of aromatic hydroxyl groups is 1. The molecule has 0 heterocycles. The fraction of sp³-hybridized carbons (Fsp3) is 0. The van der Waals surface area contributed by atoms with Gasteiger partial charge in [-0.25, -0.2) is 0 Å². The van der Waals surface area contributed by atoms with Crippen molar-refractivity contribution >= 4 is 130 Å². The van der Waals surface area contributed by atoms with Gasteiger partial charge in [0, 0.05) is 81.4 Å². The fourth-order valence-corrected chi connectivity index (χ4v) is 5.24. The number of hydrogen-bond donors (Lipinski definition) is 5. The van der Waals surface area contributed by atoms with Gasteiger partial charge < -0.3 is 16.2 Å². The molecule has 0 bridgehead atoms. The van der Waals surface area contributed by atoms with Crippen molar-refractivity contribution in [3.63, 3.8) is 0 Å². The van der Waals surface area contributed by atoms with Crippen LogP contribution in [0.3, 0.4) is 0 Å². The quantitative estimate of drug-likeness (QED) is 0.0559. The molecule has 2 radical (unpaired) electrons. The number of fused-ring (bicyclic) bond motifs is 1. The molecule has 0 unspecified atom stereocenters. The summed E-state index contributed by atoms with van der Waals surface area (Å²) in [5.74, 6) is -1.03. The Hall–Kier alpha value is -3.55. The van der Waals surface area contributed by atoms with Crippen molar-refractivity contribution in [3.8, 4) is 5.75 Å². The normalized spacial score (nSPS) is 11.7. The van der Waals surface area contributed by atoms with E-state index in [0.29, 0.717) is 22.6 Å². The molecule has 18 heteroatoms. The summed E-state index contributed by atoms with van der Waals surface area (Å²) in [5, 5.41) is 29.8. The molecule has 0 aliphatic carbocycles. The van der Waals surface area contributed by atoms with E-state index >= 15 is 0 Å². The summed E-state index contributed by atoms with van der Waals surface area (Å²) in [6.45, 7) is 0. The Morgan fingerprint density at radius 2 is 1.23 bits per heavy atom. The number of hydrogen-bond acceptors (Lipinski definition) is 11. The Bertz CT molecular complexity index is 2230. The minimum atomic E-state index is -4.88. The number of rotatable bonds is 8. The number of carbonyl (C=O) groups is 1. The van der Waals surface area contributed by atoms with E-state index in [4.69, 9.17) is 10.3 Å². The van der Waals surface area contributed by atoms with E-state index in [-0.39, 0.29) is 86.2 Å². The van der Waals surface area contributed by atoms with Gasteiger partial charge in [0.1, 0.15) is 10.6 Å². The van der Waals surface area contributed by atoms with Crippen molar-refractivity contribution < 1.29 is 35.8 Å². The molecule has 0 saturated carbocycles. The number of nitrogens with one attached hydrogen (secondary N) is 1. The summed E-state index contributed by atoms with van der Waals surface area (Å²) < 4.78 is 65.7. The molecule has 230 valence electrons. The molecule has 5 aromatic carbocycles. The summed E-state index contributed by atoms with van der Waals surface area (Å²) in [7, 11) is -9.21. The third-order valence-corrected chi connectivity index (χ3v) is 8.00. The Balaban J connectivity index is 0.00000300. The predicted octanol–water partition coefficient (Wildman–Crippen LogP) is 5.94. The van der Waals surface area contributed by atoms with Crippen LogP contribution in [0.25, 0.3) is 10.8 Å². The minimum Gasteiger partial charge on any atom is -0.505 e. The van der Waals surface area contributed by atoms with Gasteiger partial charge in [0.2, 0.25) is 0 Å². The summed E-state index contributed by atoms with van der Waals surface area (Å²) in [4.78, 5) is 11.6. The summed E-state index contributed by atoms with van der Waals surface area (Å²) in [6, 6.07) is 22.9. The number of phenolic OH excluding ortho intramolecular Hbond substituents is 1. The van der Waals surface area contributed by atoms with Crippen LogP contribution in [0.15, 0.2) is 127 Å². The van der Waals surface area contributed by atoms with Gasteiger partial charge in [-0.2, -0.15) is 32.2 Å². The number of phenols is 1. The van der Waals surface area contributed by atoms with E-state index in [0.717, 1.165) is 6.07 Å². The van der Waals surface area contributed by atoms with Gasteiger partial charge in [-0.05, 0) is 96.4 Å². The maximum absolute atomic E-state index is 12.6. The Morgan fingerprint density at radius 3 is 1.77 bits per heavy atom. The maximum Gasteiger partial charge on any atom is 0.296 e. The van der Waals surface area contributed by atoms with Crippen molar-refractivity contribution in [2.75, 3.05) is 11.1 Å². The topological polar surface area (TPSA) is 234 Å². The van der Waals surface area contributed by atoms with Crippen LogP contribution in [-0.2, 0) is 20.2 Å².